The molecule has 0 atom stereocenters. The lowest BCUT2D eigenvalue weighted by Crippen LogP contribution is -2.31. The van der Waals surface area contributed by atoms with Crippen molar-refractivity contribution in [1.29, 1.82) is 0 Å². The molecule has 1 aromatic carbocycles. The van der Waals surface area contributed by atoms with E-state index in [1.165, 1.54) is 0 Å². The van der Waals surface area contributed by atoms with E-state index in [1.54, 1.807) is 10.7 Å². The monoisotopic (exact) mass is 426 g/mol. The predicted molar refractivity (Wildman–Crippen MR) is 120 cm³/mol. The van der Waals surface area contributed by atoms with Crippen LogP contribution in [0.1, 0.15) is 29.6 Å². The van der Waals surface area contributed by atoms with E-state index < -0.39 is 0 Å². The number of carbonyl (C=O) groups excluding carboxylic acids is 1. The molecule has 7 heteroatoms. The van der Waals surface area contributed by atoms with Gasteiger partial charge in [-0.2, -0.15) is 5.10 Å². The van der Waals surface area contributed by atoms with Gasteiger partial charge in [0.15, 0.2) is 6.29 Å². The first-order chi connectivity index (χ1) is 14.7. The zero-order chi connectivity index (χ0) is 20.8. The number of rotatable bonds is 8. The van der Waals surface area contributed by atoms with Gasteiger partial charge < -0.3 is 14.5 Å². The number of benzene rings is 1. The molecule has 6 nitrogen and oxygen atoms in total. The van der Waals surface area contributed by atoms with Crippen molar-refractivity contribution in [3.05, 3.63) is 59.4 Å². The quantitative estimate of drug-likeness (QED) is 0.399. The van der Waals surface area contributed by atoms with E-state index in [1.807, 2.05) is 36.5 Å². The molecule has 3 heterocycles. The van der Waals surface area contributed by atoms with Crippen LogP contribution in [0, 0.1) is 0 Å². The number of anilines is 1. The molecule has 0 saturated carbocycles. The summed E-state index contributed by atoms with van der Waals surface area (Å²) in [4.78, 5) is 16.0. The molecule has 0 unspecified atom stereocenters. The van der Waals surface area contributed by atoms with E-state index in [0.717, 1.165) is 80.2 Å². The Bertz CT molecular complexity index is 990. The summed E-state index contributed by atoms with van der Waals surface area (Å²) in [5.74, 6) is 0.774. The Kier molecular flexibility index (Phi) is 6.87. The van der Waals surface area contributed by atoms with Gasteiger partial charge in [-0.1, -0.05) is 23.7 Å². The second kappa shape index (κ2) is 9.96. The van der Waals surface area contributed by atoms with E-state index in [0.29, 0.717) is 12.2 Å². The van der Waals surface area contributed by atoms with Gasteiger partial charge in [0.2, 0.25) is 0 Å². The number of hydrogen-bond donors (Lipinski definition) is 0. The van der Waals surface area contributed by atoms with Gasteiger partial charge in [0.05, 0.1) is 34.6 Å². The maximum Gasteiger partial charge on any atom is 0.153 e. The molecule has 2 aromatic heterocycles. The highest BCUT2D eigenvalue weighted by molar-refractivity contribution is 6.33. The molecule has 0 bridgehead atoms. The SMILES string of the molecule is O=Cc1cnn2ccc(OCCCCN3CCCN(c4ccccc4Cl)CC3)cc12. The Hall–Kier alpha value is -2.57. The van der Waals surface area contributed by atoms with Crippen molar-refractivity contribution in [3.63, 3.8) is 0 Å². The molecule has 1 fully saturated rings. The highest BCUT2D eigenvalue weighted by Gasteiger charge is 2.16. The Morgan fingerprint density at radius 1 is 1.10 bits per heavy atom. The number of unbranched alkanes of at least 4 members (excludes halogenated alkanes) is 1. The number of carbonyl (C=O) groups is 1. The van der Waals surface area contributed by atoms with Crippen molar-refractivity contribution >= 4 is 29.1 Å². The smallest absolute Gasteiger partial charge is 0.153 e. The molecular formula is C23H27ClN4O2. The fourth-order valence-corrected chi connectivity index (χ4v) is 4.19. The van der Waals surface area contributed by atoms with Crippen LogP contribution in [0.25, 0.3) is 5.52 Å². The Labute approximate surface area is 182 Å². The highest BCUT2D eigenvalue weighted by atomic mass is 35.5. The maximum absolute atomic E-state index is 11.1. The van der Waals surface area contributed by atoms with Crippen molar-refractivity contribution in [2.24, 2.45) is 0 Å². The minimum Gasteiger partial charge on any atom is -0.493 e. The standard InChI is InChI=1S/C23H27ClN4O2/c24-21-6-1-2-7-22(21)27-11-5-10-26(13-14-27)9-3-4-15-30-20-8-12-28-23(16-20)19(18-29)17-25-28/h1-2,6-8,12,16-18H,3-5,9-11,13-15H2. The number of pyridine rings is 1. The first kappa shape index (κ1) is 20.7. The predicted octanol–water partition coefficient (Wildman–Crippen LogP) is 4.17. The topological polar surface area (TPSA) is 50.1 Å². The molecule has 3 aromatic rings. The summed E-state index contributed by atoms with van der Waals surface area (Å²) in [5.41, 5.74) is 2.49. The molecular weight excluding hydrogens is 400 g/mol. The van der Waals surface area contributed by atoms with Crippen LogP contribution in [0.3, 0.4) is 0 Å². The molecule has 1 aliphatic heterocycles. The van der Waals surface area contributed by atoms with Crippen LogP contribution < -0.4 is 9.64 Å². The summed E-state index contributed by atoms with van der Waals surface area (Å²) in [7, 11) is 0. The summed E-state index contributed by atoms with van der Waals surface area (Å²) >= 11 is 6.37. The zero-order valence-electron chi connectivity index (χ0n) is 17.0. The van der Waals surface area contributed by atoms with Crippen molar-refractivity contribution in [3.8, 4) is 5.75 Å². The van der Waals surface area contributed by atoms with Crippen LogP contribution in [-0.4, -0.2) is 60.1 Å². The maximum atomic E-state index is 11.1. The summed E-state index contributed by atoms with van der Waals surface area (Å²) in [6.07, 6.45) is 7.45. The molecule has 30 heavy (non-hydrogen) atoms. The van der Waals surface area contributed by atoms with Gasteiger partial charge in [-0.05, 0) is 50.6 Å². The third-order valence-electron chi connectivity index (χ3n) is 5.57. The number of aldehydes is 1. The number of ether oxygens (including phenoxy) is 1. The van der Waals surface area contributed by atoms with Gasteiger partial charge in [-0.15, -0.1) is 0 Å². The van der Waals surface area contributed by atoms with Gasteiger partial charge in [-0.3, -0.25) is 4.79 Å². The second-order valence-electron chi connectivity index (χ2n) is 7.60. The van der Waals surface area contributed by atoms with Crippen molar-refractivity contribution in [1.82, 2.24) is 14.5 Å². The molecule has 0 aliphatic carbocycles. The Balaban J connectivity index is 1.20. The summed E-state index contributed by atoms with van der Waals surface area (Å²) in [6, 6.07) is 11.8. The summed E-state index contributed by atoms with van der Waals surface area (Å²) < 4.78 is 7.57. The average Bonchev–Trinajstić information content (AvgIpc) is 3.03. The summed E-state index contributed by atoms with van der Waals surface area (Å²) in [6.45, 7) is 5.97. The van der Waals surface area contributed by atoms with Gasteiger partial charge in [0.25, 0.3) is 0 Å². The van der Waals surface area contributed by atoms with E-state index >= 15 is 0 Å². The number of hydrogen-bond acceptors (Lipinski definition) is 5. The molecule has 0 amide bonds. The molecule has 158 valence electrons. The number of halogens is 1. The van der Waals surface area contributed by atoms with Crippen LogP contribution in [0.15, 0.2) is 48.8 Å². The molecule has 0 radical (unpaired) electrons. The number of nitrogens with zero attached hydrogens (tertiary/aromatic N) is 4. The van der Waals surface area contributed by atoms with Crippen molar-refractivity contribution in [2.45, 2.75) is 19.3 Å². The lowest BCUT2D eigenvalue weighted by molar-refractivity contribution is 0.112. The largest absolute Gasteiger partial charge is 0.493 e. The Morgan fingerprint density at radius 2 is 2.00 bits per heavy atom. The molecule has 4 rings (SSSR count). The first-order valence-corrected chi connectivity index (χ1v) is 10.9. The zero-order valence-corrected chi connectivity index (χ0v) is 17.8. The van der Waals surface area contributed by atoms with Crippen LogP contribution in [0.5, 0.6) is 5.75 Å². The van der Waals surface area contributed by atoms with Crippen LogP contribution in [0.2, 0.25) is 5.02 Å². The van der Waals surface area contributed by atoms with Crippen LogP contribution in [-0.2, 0) is 0 Å². The molecule has 0 N–H and O–H groups in total. The minimum atomic E-state index is 0.576. The van der Waals surface area contributed by atoms with E-state index in [-0.39, 0.29) is 0 Å². The van der Waals surface area contributed by atoms with E-state index in [2.05, 4.69) is 21.0 Å². The van der Waals surface area contributed by atoms with Crippen LogP contribution >= 0.6 is 11.6 Å². The fourth-order valence-electron chi connectivity index (χ4n) is 3.93. The van der Waals surface area contributed by atoms with Crippen molar-refractivity contribution in [2.75, 3.05) is 44.2 Å². The van der Waals surface area contributed by atoms with Gasteiger partial charge in [0, 0.05) is 31.9 Å². The van der Waals surface area contributed by atoms with E-state index in [4.69, 9.17) is 16.3 Å². The normalized spacial score (nSPS) is 15.3. The summed E-state index contributed by atoms with van der Waals surface area (Å²) in [5, 5.41) is 4.97. The van der Waals surface area contributed by atoms with Gasteiger partial charge in [0.1, 0.15) is 5.75 Å². The average molecular weight is 427 g/mol. The van der Waals surface area contributed by atoms with Gasteiger partial charge in [-0.25, -0.2) is 4.52 Å². The number of para-hydroxylation sites is 1. The minimum absolute atomic E-state index is 0.576. The lowest BCUT2D eigenvalue weighted by Gasteiger charge is -2.24. The number of fused-ring (bicyclic) bond motifs is 1. The molecule has 0 spiro atoms. The van der Waals surface area contributed by atoms with Gasteiger partial charge >= 0.3 is 0 Å². The highest BCUT2D eigenvalue weighted by Crippen LogP contribution is 2.26. The lowest BCUT2D eigenvalue weighted by atomic mass is 10.2. The third-order valence-corrected chi connectivity index (χ3v) is 5.89. The Morgan fingerprint density at radius 3 is 2.87 bits per heavy atom. The third kappa shape index (κ3) is 4.94. The molecule has 1 saturated heterocycles. The van der Waals surface area contributed by atoms with Crippen molar-refractivity contribution < 1.29 is 9.53 Å². The van der Waals surface area contributed by atoms with Crippen LogP contribution in [0.4, 0.5) is 5.69 Å². The number of aromatic nitrogens is 2. The molecule has 1 aliphatic rings. The fraction of sp³-hybridized carbons (Fsp3) is 0.391. The second-order valence-corrected chi connectivity index (χ2v) is 8.01. The first-order valence-electron chi connectivity index (χ1n) is 10.5. The van der Waals surface area contributed by atoms with E-state index in [9.17, 15) is 4.79 Å².